The molecule has 24 heavy (non-hydrogen) atoms. The van der Waals surface area contributed by atoms with Crippen molar-refractivity contribution in [3.63, 3.8) is 0 Å². The van der Waals surface area contributed by atoms with Crippen LogP contribution in [-0.2, 0) is 15.9 Å². The van der Waals surface area contributed by atoms with Gasteiger partial charge in [-0.3, -0.25) is 0 Å². The summed E-state index contributed by atoms with van der Waals surface area (Å²) in [6, 6.07) is 7.01. The van der Waals surface area contributed by atoms with E-state index in [-0.39, 0.29) is 11.2 Å². The van der Waals surface area contributed by atoms with Crippen LogP contribution < -0.4 is 0 Å². The van der Waals surface area contributed by atoms with Crippen LogP contribution in [0.15, 0.2) is 24.8 Å². The predicted octanol–water partition coefficient (Wildman–Crippen LogP) is 4.93. The molecular weight excluding hydrogens is 296 g/mol. The summed E-state index contributed by atoms with van der Waals surface area (Å²) in [6.45, 7) is 7.95. The highest BCUT2D eigenvalue weighted by atomic mass is 16.7. The molecule has 3 fully saturated rings. The van der Waals surface area contributed by atoms with Crippen LogP contribution in [0.5, 0.6) is 0 Å². The van der Waals surface area contributed by atoms with E-state index < -0.39 is 0 Å². The summed E-state index contributed by atoms with van der Waals surface area (Å²) in [5.74, 6) is 2.03. The van der Waals surface area contributed by atoms with Crippen LogP contribution in [0.25, 0.3) is 6.08 Å². The summed E-state index contributed by atoms with van der Waals surface area (Å²) in [5.41, 5.74) is 4.66. The molecule has 0 amide bonds. The van der Waals surface area contributed by atoms with E-state index >= 15 is 0 Å². The van der Waals surface area contributed by atoms with E-state index in [9.17, 15) is 0 Å². The van der Waals surface area contributed by atoms with Gasteiger partial charge in [0.2, 0.25) is 0 Å². The Kier molecular flexibility index (Phi) is 3.28. The van der Waals surface area contributed by atoms with Crippen molar-refractivity contribution in [2.45, 2.75) is 57.2 Å². The number of fused-ring (bicyclic) bond motifs is 6. The Morgan fingerprint density at radius 2 is 1.96 bits per heavy atom. The fraction of sp³-hybridized carbons (Fsp3) is 0.636. The van der Waals surface area contributed by atoms with Gasteiger partial charge in [-0.1, -0.05) is 37.8 Å². The number of hydrogen-bond acceptors (Lipinski definition) is 2. The van der Waals surface area contributed by atoms with E-state index in [1.807, 2.05) is 6.08 Å². The highest BCUT2D eigenvalue weighted by molar-refractivity contribution is 5.51. The Balaban J connectivity index is 1.50. The number of aryl methyl sites for hydroxylation is 1. The van der Waals surface area contributed by atoms with Crippen LogP contribution in [-0.4, -0.2) is 19.0 Å². The quantitative estimate of drug-likeness (QED) is 0.729. The van der Waals surface area contributed by atoms with Crippen molar-refractivity contribution in [2.75, 3.05) is 13.2 Å². The maximum absolute atomic E-state index is 6.22. The molecule has 1 aromatic carbocycles. The molecule has 1 aliphatic heterocycles. The van der Waals surface area contributed by atoms with Crippen LogP contribution in [0, 0.1) is 17.3 Å². The third-order valence-corrected chi connectivity index (χ3v) is 7.78. The average molecular weight is 324 g/mol. The van der Waals surface area contributed by atoms with Crippen molar-refractivity contribution in [1.29, 1.82) is 0 Å². The van der Waals surface area contributed by atoms with Gasteiger partial charge in [0.1, 0.15) is 0 Å². The first-order chi connectivity index (χ1) is 11.7. The van der Waals surface area contributed by atoms with E-state index in [4.69, 9.17) is 9.47 Å². The Labute approximate surface area is 145 Å². The van der Waals surface area contributed by atoms with Gasteiger partial charge in [-0.05, 0) is 66.5 Å². The lowest BCUT2D eigenvalue weighted by molar-refractivity contribution is -0.237. The minimum atomic E-state index is -0.268. The Bertz CT molecular complexity index is 673. The van der Waals surface area contributed by atoms with E-state index in [1.54, 1.807) is 11.1 Å². The summed E-state index contributed by atoms with van der Waals surface area (Å²) in [7, 11) is 0. The molecule has 2 heteroatoms. The third-order valence-electron chi connectivity index (χ3n) is 7.78. The van der Waals surface area contributed by atoms with Gasteiger partial charge in [0, 0.05) is 11.8 Å². The van der Waals surface area contributed by atoms with Crippen LogP contribution >= 0.6 is 0 Å². The molecule has 0 unspecified atom stereocenters. The van der Waals surface area contributed by atoms with Crippen LogP contribution in [0.2, 0.25) is 0 Å². The van der Waals surface area contributed by atoms with E-state index in [1.165, 1.54) is 37.7 Å². The molecule has 1 heterocycles. The molecule has 5 rings (SSSR count). The fourth-order valence-electron chi connectivity index (χ4n) is 6.61. The van der Waals surface area contributed by atoms with Gasteiger partial charge in [-0.25, -0.2) is 0 Å². The molecule has 3 aliphatic carbocycles. The molecule has 2 saturated carbocycles. The van der Waals surface area contributed by atoms with Crippen molar-refractivity contribution in [3.05, 3.63) is 41.5 Å². The van der Waals surface area contributed by atoms with Crippen molar-refractivity contribution in [1.82, 2.24) is 0 Å². The number of benzene rings is 1. The highest BCUT2D eigenvalue weighted by Gasteiger charge is 2.64. The van der Waals surface area contributed by atoms with Gasteiger partial charge in [-0.15, -0.1) is 0 Å². The monoisotopic (exact) mass is 324 g/mol. The maximum Gasteiger partial charge on any atom is 0.174 e. The van der Waals surface area contributed by atoms with Gasteiger partial charge in [0.05, 0.1) is 13.2 Å². The SMILES string of the molecule is C=Cc1ccc2c(c1)CC[C@@H]1[C@@H]2CC[C@@]2(C)[C@H]1CCC21OCCO1. The first-order valence-corrected chi connectivity index (χ1v) is 9.70. The molecular formula is C22H28O2. The topological polar surface area (TPSA) is 18.5 Å². The van der Waals surface area contributed by atoms with E-state index in [2.05, 4.69) is 31.7 Å². The van der Waals surface area contributed by atoms with Gasteiger partial charge in [-0.2, -0.15) is 0 Å². The lowest BCUT2D eigenvalue weighted by Crippen LogP contribution is -2.51. The minimum Gasteiger partial charge on any atom is -0.347 e. The maximum atomic E-state index is 6.22. The predicted molar refractivity (Wildman–Crippen MR) is 95.8 cm³/mol. The summed E-state index contributed by atoms with van der Waals surface area (Å²) in [4.78, 5) is 0. The van der Waals surface area contributed by atoms with Crippen molar-refractivity contribution in [2.24, 2.45) is 17.3 Å². The van der Waals surface area contributed by atoms with Gasteiger partial charge in [0.15, 0.2) is 5.79 Å². The standard InChI is InChI=1S/C22H28O2/c1-3-15-4-6-17-16(14-15)5-7-19-18(17)8-10-21(2)20(19)9-11-22(21)23-12-13-24-22/h3-4,6,14,18-20H,1,5,7-13H2,2H3/t18-,19-,20+,21+/m1/s1. The van der Waals surface area contributed by atoms with Crippen LogP contribution in [0.1, 0.15) is 61.6 Å². The number of hydrogen-bond donors (Lipinski definition) is 0. The first-order valence-electron chi connectivity index (χ1n) is 9.70. The molecule has 0 N–H and O–H groups in total. The van der Waals surface area contributed by atoms with Crippen molar-refractivity contribution < 1.29 is 9.47 Å². The molecule has 4 aliphatic rings. The molecule has 0 bridgehead atoms. The zero-order valence-electron chi connectivity index (χ0n) is 14.7. The molecule has 128 valence electrons. The molecule has 2 nitrogen and oxygen atoms in total. The van der Waals surface area contributed by atoms with E-state index in [0.717, 1.165) is 37.4 Å². The molecule has 1 saturated heterocycles. The van der Waals surface area contributed by atoms with Crippen LogP contribution in [0.4, 0.5) is 0 Å². The molecule has 0 aromatic heterocycles. The van der Waals surface area contributed by atoms with Crippen molar-refractivity contribution in [3.8, 4) is 0 Å². The second kappa shape index (κ2) is 5.19. The molecule has 1 aromatic rings. The highest BCUT2D eigenvalue weighted by Crippen LogP contribution is 2.66. The van der Waals surface area contributed by atoms with Gasteiger partial charge < -0.3 is 9.47 Å². The van der Waals surface area contributed by atoms with E-state index in [0.29, 0.717) is 0 Å². The third kappa shape index (κ3) is 1.84. The summed E-state index contributed by atoms with van der Waals surface area (Å²) in [5, 5.41) is 0. The lowest BCUT2D eigenvalue weighted by Gasteiger charge is -2.52. The zero-order chi connectivity index (χ0) is 16.4. The number of rotatable bonds is 1. The second-order valence-electron chi connectivity index (χ2n) is 8.52. The Hall–Kier alpha value is -1.12. The average Bonchev–Trinajstić information content (AvgIpc) is 3.21. The molecule has 1 spiro atoms. The summed E-state index contributed by atoms with van der Waals surface area (Å²) in [6.07, 6.45) is 9.42. The molecule has 4 atom stereocenters. The Morgan fingerprint density at radius 1 is 1.12 bits per heavy atom. The normalized spacial score (nSPS) is 39.3. The van der Waals surface area contributed by atoms with Crippen molar-refractivity contribution >= 4 is 6.08 Å². The van der Waals surface area contributed by atoms with Crippen LogP contribution in [0.3, 0.4) is 0 Å². The summed E-state index contributed by atoms with van der Waals surface area (Å²) < 4.78 is 12.4. The smallest absolute Gasteiger partial charge is 0.174 e. The van der Waals surface area contributed by atoms with Gasteiger partial charge >= 0.3 is 0 Å². The number of ether oxygens (including phenoxy) is 2. The lowest BCUT2D eigenvalue weighted by atomic mass is 9.55. The Morgan fingerprint density at radius 3 is 2.75 bits per heavy atom. The first kappa shape index (κ1) is 15.2. The minimum absolute atomic E-state index is 0.212. The van der Waals surface area contributed by atoms with Gasteiger partial charge in [0.25, 0.3) is 0 Å². The zero-order valence-corrected chi connectivity index (χ0v) is 14.7. The largest absolute Gasteiger partial charge is 0.347 e. The fourth-order valence-corrected chi connectivity index (χ4v) is 6.61. The second-order valence-corrected chi connectivity index (χ2v) is 8.52. The summed E-state index contributed by atoms with van der Waals surface area (Å²) >= 11 is 0. The molecule has 0 radical (unpaired) electrons.